The maximum Gasteiger partial charge on any atom is 0.325 e. The van der Waals surface area contributed by atoms with E-state index >= 15 is 0 Å². The number of amides is 2. The van der Waals surface area contributed by atoms with Crippen molar-refractivity contribution in [1.29, 1.82) is 0 Å². The van der Waals surface area contributed by atoms with Crippen molar-refractivity contribution < 1.29 is 23.9 Å². The summed E-state index contributed by atoms with van der Waals surface area (Å²) in [5, 5.41) is 2.06. The van der Waals surface area contributed by atoms with Crippen LogP contribution in [-0.2, 0) is 30.3 Å². The summed E-state index contributed by atoms with van der Waals surface area (Å²) in [6, 6.07) is 8.72. The van der Waals surface area contributed by atoms with Gasteiger partial charge in [0.25, 0.3) is 0 Å². The van der Waals surface area contributed by atoms with Crippen LogP contribution in [0.4, 0.5) is 0 Å². The minimum atomic E-state index is -0.741. The Bertz CT molecular complexity index is 796. The van der Waals surface area contributed by atoms with E-state index in [0.29, 0.717) is 19.3 Å². The molecule has 1 aliphatic heterocycles. The zero-order valence-electron chi connectivity index (χ0n) is 18.7. The van der Waals surface area contributed by atoms with Gasteiger partial charge < -0.3 is 15.0 Å². The van der Waals surface area contributed by atoms with Crippen LogP contribution in [0, 0.1) is 0 Å². The fraction of sp³-hybridized carbons (Fsp3) is 0.565. The zero-order chi connectivity index (χ0) is 23.0. The van der Waals surface area contributed by atoms with Gasteiger partial charge in [0, 0.05) is 12.5 Å². The van der Waals surface area contributed by atoms with Gasteiger partial charge in [-0.15, -0.1) is 0 Å². The average molecular weight is 449 g/mol. The lowest BCUT2D eigenvalue weighted by Gasteiger charge is -2.37. The Morgan fingerprint density at radius 2 is 1.94 bits per heavy atom. The van der Waals surface area contributed by atoms with Gasteiger partial charge in [-0.2, -0.15) is 0 Å². The van der Waals surface area contributed by atoms with Gasteiger partial charge in [-0.05, 0) is 52.0 Å². The molecule has 2 atom stereocenters. The Morgan fingerprint density at radius 3 is 2.55 bits per heavy atom. The van der Waals surface area contributed by atoms with E-state index in [2.05, 4.69) is 5.32 Å². The number of carbonyl (C=O) groups excluding carboxylic acids is 4. The molecule has 1 aliphatic rings. The SMILES string of the molecule is CCOC(=O)CN1C(=O)[C@@H](NC(=O)[C@H](Cc2ccccc2)SC(C)=O)CCCC1(C)C. The van der Waals surface area contributed by atoms with Gasteiger partial charge in [-0.25, -0.2) is 0 Å². The van der Waals surface area contributed by atoms with Crippen molar-refractivity contribution in [2.24, 2.45) is 0 Å². The Morgan fingerprint density at radius 1 is 1.26 bits per heavy atom. The lowest BCUT2D eigenvalue weighted by molar-refractivity contribution is -0.153. The van der Waals surface area contributed by atoms with Crippen LogP contribution in [0.25, 0.3) is 0 Å². The fourth-order valence-corrected chi connectivity index (χ4v) is 4.58. The first-order chi connectivity index (χ1) is 14.6. The lowest BCUT2D eigenvalue weighted by Crippen LogP contribution is -2.56. The van der Waals surface area contributed by atoms with Gasteiger partial charge in [0.15, 0.2) is 5.12 Å². The number of carbonyl (C=O) groups is 4. The Kier molecular flexibility index (Phi) is 9.10. The first-order valence-electron chi connectivity index (χ1n) is 10.6. The first-order valence-corrected chi connectivity index (χ1v) is 11.5. The molecule has 0 spiro atoms. The maximum atomic E-state index is 13.3. The molecule has 1 N–H and O–H groups in total. The third-order valence-corrected chi connectivity index (χ3v) is 6.35. The van der Waals surface area contributed by atoms with Gasteiger partial charge in [0.05, 0.1) is 11.9 Å². The van der Waals surface area contributed by atoms with Crippen LogP contribution in [0.15, 0.2) is 30.3 Å². The molecule has 170 valence electrons. The van der Waals surface area contributed by atoms with Crippen LogP contribution in [0.3, 0.4) is 0 Å². The molecule has 0 bridgehead atoms. The van der Waals surface area contributed by atoms with Crippen LogP contribution in [0.2, 0.25) is 0 Å². The number of thioether (sulfide) groups is 1. The minimum Gasteiger partial charge on any atom is -0.465 e. The Labute approximate surface area is 188 Å². The van der Waals surface area contributed by atoms with Crippen molar-refractivity contribution in [2.45, 2.75) is 70.2 Å². The van der Waals surface area contributed by atoms with E-state index < -0.39 is 22.8 Å². The molecule has 1 saturated heterocycles. The molecule has 0 aliphatic carbocycles. The highest BCUT2D eigenvalue weighted by molar-refractivity contribution is 8.14. The number of nitrogens with one attached hydrogen (secondary N) is 1. The van der Waals surface area contributed by atoms with Crippen LogP contribution < -0.4 is 5.32 Å². The van der Waals surface area contributed by atoms with Crippen molar-refractivity contribution in [3.8, 4) is 0 Å². The molecule has 31 heavy (non-hydrogen) atoms. The largest absolute Gasteiger partial charge is 0.465 e. The number of ether oxygens (including phenoxy) is 1. The van der Waals surface area contributed by atoms with E-state index in [-0.39, 0.29) is 30.1 Å². The topological polar surface area (TPSA) is 92.8 Å². The summed E-state index contributed by atoms with van der Waals surface area (Å²) in [4.78, 5) is 51.6. The smallest absolute Gasteiger partial charge is 0.325 e. The van der Waals surface area contributed by atoms with E-state index in [1.54, 1.807) is 6.92 Å². The minimum absolute atomic E-state index is 0.151. The van der Waals surface area contributed by atoms with Gasteiger partial charge in [0.2, 0.25) is 11.8 Å². The highest BCUT2D eigenvalue weighted by atomic mass is 32.2. The van der Waals surface area contributed by atoms with Gasteiger partial charge in [-0.3, -0.25) is 19.2 Å². The predicted molar refractivity (Wildman–Crippen MR) is 120 cm³/mol. The molecule has 0 saturated carbocycles. The number of rotatable bonds is 8. The summed E-state index contributed by atoms with van der Waals surface area (Å²) in [5.74, 6) is -1.11. The molecule has 2 amide bonds. The third kappa shape index (κ3) is 7.38. The number of likely N-dealkylation sites (tertiary alicyclic amines) is 1. The molecular formula is C23H32N2O5S. The first kappa shape index (κ1) is 24.9. The van der Waals surface area contributed by atoms with E-state index in [1.807, 2.05) is 44.2 Å². The number of hydrogen-bond donors (Lipinski definition) is 1. The van der Waals surface area contributed by atoms with Gasteiger partial charge >= 0.3 is 5.97 Å². The second-order valence-electron chi connectivity index (χ2n) is 8.28. The molecule has 8 heteroatoms. The molecule has 1 fully saturated rings. The lowest BCUT2D eigenvalue weighted by atomic mass is 9.97. The van der Waals surface area contributed by atoms with Crippen molar-refractivity contribution >= 4 is 34.7 Å². The highest BCUT2D eigenvalue weighted by Crippen LogP contribution is 2.28. The normalized spacial score (nSPS) is 19.3. The van der Waals surface area contributed by atoms with Crippen molar-refractivity contribution in [3.05, 3.63) is 35.9 Å². The van der Waals surface area contributed by atoms with Crippen LogP contribution in [-0.4, -0.2) is 57.8 Å². The summed E-state index contributed by atoms with van der Waals surface area (Å²) >= 11 is 0.965. The quantitative estimate of drug-likeness (QED) is 0.615. The zero-order valence-corrected chi connectivity index (χ0v) is 19.5. The van der Waals surface area contributed by atoms with Crippen molar-refractivity contribution in [3.63, 3.8) is 0 Å². The standard InChI is InChI=1S/C23H32N2O5S/c1-5-30-20(27)15-25-22(29)18(12-9-13-23(25,3)4)24-21(28)19(31-16(2)26)14-17-10-7-6-8-11-17/h6-8,10-11,18-19H,5,9,12-15H2,1-4H3,(H,24,28)/t18-,19-/m0/s1. The molecule has 0 aromatic heterocycles. The third-order valence-electron chi connectivity index (χ3n) is 5.35. The Balaban J connectivity index is 2.16. The van der Waals surface area contributed by atoms with Gasteiger partial charge in [-0.1, -0.05) is 42.1 Å². The van der Waals surface area contributed by atoms with Gasteiger partial charge in [0.1, 0.15) is 12.6 Å². The van der Waals surface area contributed by atoms with Crippen molar-refractivity contribution in [1.82, 2.24) is 10.2 Å². The second-order valence-corrected chi connectivity index (χ2v) is 9.66. The molecule has 7 nitrogen and oxygen atoms in total. The number of nitrogens with zero attached hydrogens (tertiary/aromatic N) is 1. The molecule has 0 unspecified atom stereocenters. The van der Waals surface area contributed by atoms with Crippen molar-refractivity contribution in [2.75, 3.05) is 13.2 Å². The predicted octanol–water partition coefficient (Wildman–Crippen LogP) is 2.72. The second kappa shape index (κ2) is 11.3. The maximum absolute atomic E-state index is 13.3. The molecular weight excluding hydrogens is 416 g/mol. The van der Waals surface area contributed by atoms with Crippen LogP contribution in [0.5, 0.6) is 0 Å². The Hall–Kier alpha value is -2.35. The van der Waals surface area contributed by atoms with Crippen LogP contribution >= 0.6 is 11.8 Å². The highest BCUT2D eigenvalue weighted by Gasteiger charge is 2.40. The van der Waals surface area contributed by atoms with E-state index in [4.69, 9.17) is 4.74 Å². The number of hydrogen-bond acceptors (Lipinski definition) is 6. The summed E-state index contributed by atoms with van der Waals surface area (Å²) < 4.78 is 5.03. The summed E-state index contributed by atoms with van der Waals surface area (Å²) in [6.45, 7) is 7.06. The van der Waals surface area contributed by atoms with Crippen LogP contribution in [0.1, 0.15) is 52.5 Å². The van der Waals surface area contributed by atoms with E-state index in [1.165, 1.54) is 11.8 Å². The molecule has 0 radical (unpaired) electrons. The fourth-order valence-electron chi connectivity index (χ4n) is 3.73. The number of benzene rings is 1. The molecule has 1 heterocycles. The van der Waals surface area contributed by atoms with E-state index in [9.17, 15) is 19.2 Å². The molecule has 2 rings (SSSR count). The summed E-state index contributed by atoms with van der Waals surface area (Å²) in [6.07, 6.45) is 2.30. The number of esters is 1. The monoisotopic (exact) mass is 448 g/mol. The molecule has 1 aromatic rings. The molecule has 1 aromatic carbocycles. The van der Waals surface area contributed by atoms with E-state index in [0.717, 1.165) is 23.7 Å². The summed E-state index contributed by atoms with van der Waals surface area (Å²) in [7, 11) is 0. The summed E-state index contributed by atoms with van der Waals surface area (Å²) in [5.41, 5.74) is 0.412. The average Bonchev–Trinajstić information content (AvgIpc) is 2.79.